The van der Waals surface area contributed by atoms with Crippen LogP contribution in [0.2, 0.25) is 0 Å². The van der Waals surface area contributed by atoms with Crippen LogP contribution in [0.25, 0.3) is 0 Å². The van der Waals surface area contributed by atoms with Gasteiger partial charge in [0, 0.05) is 0 Å². The van der Waals surface area contributed by atoms with Gasteiger partial charge < -0.3 is 19.3 Å². The fourth-order valence-corrected chi connectivity index (χ4v) is 1.58. The van der Waals surface area contributed by atoms with Gasteiger partial charge in [0.05, 0.1) is 26.4 Å². The second-order valence-electron chi connectivity index (χ2n) is 3.62. The van der Waals surface area contributed by atoms with E-state index in [1.165, 1.54) is 0 Å². The summed E-state index contributed by atoms with van der Waals surface area (Å²) in [6, 6.07) is 7.26. The van der Waals surface area contributed by atoms with E-state index >= 15 is 0 Å². The molecule has 1 aliphatic heterocycles. The molecule has 4 heteroatoms. The Hall–Kier alpha value is -1.10. The Morgan fingerprint density at radius 3 is 2.94 bits per heavy atom. The number of phenols is 1. The van der Waals surface area contributed by atoms with Gasteiger partial charge in [-0.2, -0.15) is 0 Å². The van der Waals surface area contributed by atoms with Gasteiger partial charge in [0.15, 0.2) is 6.29 Å². The predicted molar refractivity (Wildman–Crippen MR) is 58.3 cm³/mol. The molecule has 1 atom stereocenters. The predicted octanol–water partition coefficient (Wildman–Crippen LogP) is 1.32. The third-order valence-electron chi connectivity index (χ3n) is 2.45. The van der Waals surface area contributed by atoms with E-state index < -0.39 is 0 Å². The molecule has 1 aliphatic rings. The van der Waals surface area contributed by atoms with Gasteiger partial charge in [-0.1, -0.05) is 18.2 Å². The lowest BCUT2D eigenvalue weighted by Gasteiger charge is -2.22. The Kier molecular flexibility index (Phi) is 4.16. The first-order valence-electron chi connectivity index (χ1n) is 5.44. The summed E-state index contributed by atoms with van der Waals surface area (Å²) in [6.07, 6.45) is 0.409. The van der Waals surface area contributed by atoms with Crippen molar-refractivity contribution in [1.29, 1.82) is 0 Å². The molecule has 2 rings (SSSR count). The number of ether oxygens (including phenoxy) is 3. The number of para-hydroxylation sites is 1. The number of rotatable bonds is 4. The summed E-state index contributed by atoms with van der Waals surface area (Å²) in [6.45, 7) is 2.23. The molecule has 1 heterocycles. The highest BCUT2D eigenvalue weighted by Crippen LogP contribution is 2.16. The van der Waals surface area contributed by atoms with Gasteiger partial charge in [0.1, 0.15) is 5.75 Å². The Balaban J connectivity index is 1.73. The van der Waals surface area contributed by atoms with Gasteiger partial charge in [-0.3, -0.25) is 0 Å². The first-order chi connectivity index (χ1) is 7.86. The third-order valence-corrected chi connectivity index (χ3v) is 2.45. The van der Waals surface area contributed by atoms with Crippen molar-refractivity contribution in [3.63, 3.8) is 0 Å². The normalized spacial score (nSPS) is 20.9. The van der Waals surface area contributed by atoms with Crippen LogP contribution in [0, 0.1) is 0 Å². The van der Waals surface area contributed by atoms with E-state index in [-0.39, 0.29) is 6.29 Å². The Morgan fingerprint density at radius 1 is 1.31 bits per heavy atom. The second kappa shape index (κ2) is 5.84. The highest BCUT2D eigenvalue weighted by atomic mass is 16.7. The first-order valence-corrected chi connectivity index (χ1v) is 5.44. The zero-order valence-corrected chi connectivity index (χ0v) is 9.09. The van der Waals surface area contributed by atoms with Crippen molar-refractivity contribution in [3.8, 4) is 5.75 Å². The summed E-state index contributed by atoms with van der Waals surface area (Å²) in [4.78, 5) is 0. The van der Waals surface area contributed by atoms with E-state index in [1.54, 1.807) is 12.1 Å². The molecule has 4 nitrogen and oxygen atoms in total. The maximum atomic E-state index is 9.54. The van der Waals surface area contributed by atoms with Gasteiger partial charge in [-0.15, -0.1) is 0 Å². The first kappa shape index (κ1) is 11.4. The van der Waals surface area contributed by atoms with Crippen molar-refractivity contribution in [2.24, 2.45) is 0 Å². The Bertz CT molecular complexity index is 321. The monoisotopic (exact) mass is 224 g/mol. The van der Waals surface area contributed by atoms with Crippen molar-refractivity contribution in [3.05, 3.63) is 29.8 Å². The van der Waals surface area contributed by atoms with Crippen LogP contribution in [-0.2, 0) is 20.6 Å². The number of phenolic OH excluding ortho intramolecular Hbond substituents is 1. The number of benzene rings is 1. The largest absolute Gasteiger partial charge is 0.508 e. The summed E-state index contributed by atoms with van der Waals surface area (Å²) in [5.41, 5.74) is 0.888. The van der Waals surface area contributed by atoms with Crippen molar-refractivity contribution in [2.45, 2.75) is 12.7 Å². The van der Waals surface area contributed by atoms with Crippen LogP contribution in [0.4, 0.5) is 0 Å². The van der Waals surface area contributed by atoms with Crippen molar-refractivity contribution < 1.29 is 19.3 Å². The topological polar surface area (TPSA) is 47.9 Å². The van der Waals surface area contributed by atoms with E-state index in [0.717, 1.165) is 5.56 Å². The van der Waals surface area contributed by atoms with Crippen LogP contribution in [0.1, 0.15) is 5.56 Å². The molecule has 1 saturated heterocycles. The van der Waals surface area contributed by atoms with Crippen molar-refractivity contribution in [1.82, 2.24) is 0 Å². The van der Waals surface area contributed by atoms with Gasteiger partial charge in [0.2, 0.25) is 0 Å². The minimum Gasteiger partial charge on any atom is -0.508 e. The molecule has 1 unspecified atom stereocenters. The third kappa shape index (κ3) is 3.20. The summed E-state index contributed by atoms with van der Waals surface area (Å²) in [5.74, 6) is 0.312. The minimum absolute atomic E-state index is 0.264. The van der Waals surface area contributed by atoms with Crippen LogP contribution >= 0.6 is 0 Å². The van der Waals surface area contributed by atoms with Crippen LogP contribution in [0.5, 0.6) is 5.75 Å². The quantitative estimate of drug-likeness (QED) is 0.838. The Labute approximate surface area is 94.8 Å². The summed E-state index contributed by atoms with van der Waals surface area (Å²) < 4.78 is 16.0. The molecule has 16 heavy (non-hydrogen) atoms. The van der Waals surface area contributed by atoms with Crippen molar-refractivity contribution >= 4 is 0 Å². The molecule has 0 radical (unpaired) electrons. The lowest BCUT2D eigenvalue weighted by molar-refractivity contribution is -0.210. The standard InChI is InChI=1S/C12H16O4/c13-11-4-2-1-3-10(11)5-6-15-12-9-14-7-8-16-12/h1-4,12-13H,5-9H2. The summed E-state index contributed by atoms with van der Waals surface area (Å²) >= 11 is 0. The minimum atomic E-state index is -0.264. The lowest BCUT2D eigenvalue weighted by atomic mass is 10.1. The second-order valence-corrected chi connectivity index (χ2v) is 3.62. The molecule has 88 valence electrons. The SMILES string of the molecule is Oc1ccccc1CCOC1COCCO1. The molecular weight excluding hydrogens is 208 g/mol. The van der Waals surface area contributed by atoms with E-state index in [4.69, 9.17) is 14.2 Å². The highest BCUT2D eigenvalue weighted by molar-refractivity contribution is 5.31. The maximum absolute atomic E-state index is 9.54. The molecule has 0 aromatic heterocycles. The zero-order valence-electron chi connectivity index (χ0n) is 9.09. The molecule has 1 N–H and O–H groups in total. The van der Waals surface area contributed by atoms with Gasteiger partial charge in [-0.05, 0) is 18.1 Å². The molecule has 0 amide bonds. The van der Waals surface area contributed by atoms with E-state index in [9.17, 15) is 5.11 Å². The molecule has 1 aromatic rings. The van der Waals surface area contributed by atoms with E-state index in [1.807, 2.05) is 12.1 Å². The molecule has 1 aromatic carbocycles. The average molecular weight is 224 g/mol. The lowest BCUT2D eigenvalue weighted by Crippen LogP contribution is -2.31. The van der Waals surface area contributed by atoms with Crippen LogP contribution in [0.3, 0.4) is 0 Å². The fourth-order valence-electron chi connectivity index (χ4n) is 1.58. The van der Waals surface area contributed by atoms with Crippen LogP contribution < -0.4 is 0 Å². The molecule has 0 spiro atoms. The molecule has 1 fully saturated rings. The van der Waals surface area contributed by atoms with Crippen LogP contribution in [-0.4, -0.2) is 37.8 Å². The number of hydrogen-bond acceptors (Lipinski definition) is 4. The van der Waals surface area contributed by atoms with Gasteiger partial charge in [-0.25, -0.2) is 0 Å². The molecular formula is C12H16O4. The van der Waals surface area contributed by atoms with Gasteiger partial charge in [0.25, 0.3) is 0 Å². The highest BCUT2D eigenvalue weighted by Gasteiger charge is 2.14. The fraction of sp³-hybridized carbons (Fsp3) is 0.500. The smallest absolute Gasteiger partial charge is 0.180 e. The van der Waals surface area contributed by atoms with Crippen molar-refractivity contribution in [2.75, 3.05) is 26.4 Å². The maximum Gasteiger partial charge on any atom is 0.180 e. The summed E-state index contributed by atoms with van der Waals surface area (Å²) in [5, 5.41) is 9.54. The van der Waals surface area contributed by atoms with Gasteiger partial charge >= 0.3 is 0 Å². The number of aromatic hydroxyl groups is 1. The van der Waals surface area contributed by atoms with Crippen LogP contribution in [0.15, 0.2) is 24.3 Å². The molecule has 0 bridgehead atoms. The van der Waals surface area contributed by atoms with E-state index in [0.29, 0.717) is 38.6 Å². The number of hydrogen-bond donors (Lipinski definition) is 1. The summed E-state index contributed by atoms with van der Waals surface area (Å²) in [7, 11) is 0. The molecule has 0 saturated carbocycles. The Morgan fingerprint density at radius 2 is 2.19 bits per heavy atom. The molecule has 0 aliphatic carbocycles. The zero-order chi connectivity index (χ0) is 11.2. The average Bonchev–Trinajstić information content (AvgIpc) is 2.33. The van der Waals surface area contributed by atoms with E-state index in [2.05, 4.69) is 0 Å².